The van der Waals surface area contributed by atoms with Gasteiger partial charge < -0.3 is 9.67 Å². The van der Waals surface area contributed by atoms with Gasteiger partial charge in [0.05, 0.1) is 29.6 Å². The van der Waals surface area contributed by atoms with Gasteiger partial charge >= 0.3 is 0 Å². The van der Waals surface area contributed by atoms with E-state index in [2.05, 4.69) is 11.9 Å². The molecule has 0 fully saturated rings. The van der Waals surface area contributed by atoms with Crippen LogP contribution in [-0.4, -0.2) is 26.6 Å². The zero-order chi connectivity index (χ0) is 11.5. The van der Waals surface area contributed by atoms with Crippen LogP contribution < -0.4 is 0 Å². The molecule has 3 nitrogen and oxygen atoms in total. The van der Waals surface area contributed by atoms with E-state index in [1.54, 1.807) is 0 Å². The van der Waals surface area contributed by atoms with Crippen molar-refractivity contribution in [3.8, 4) is 0 Å². The maximum absolute atomic E-state index is 9.63. The highest BCUT2D eigenvalue weighted by Gasteiger charge is 2.11. The van der Waals surface area contributed by atoms with Gasteiger partial charge in [-0.25, -0.2) is 4.98 Å². The quantitative estimate of drug-likeness (QED) is 0.830. The number of aliphatic hydroxyl groups excluding tert-OH is 1. The third-order valence-corrected chi connectivity index (χ3v) is 2.98. The first-order valence-corrected chi connectivity index (χ1v) is 5.98. The maximum atomic E-state index is 9.63. The summed E-state index contributed by atoms with van der Waals surface area (Å²) < 4.78 is 2.04. The summed E-state index contributed by atoms with van der Waals surface area (Å²) in [4.78, 5) is 4.53. The highest BCUT2D eigenvalue weighted by Crippen LogP contribution is 2.17. The van der Waals surface area contributed by atoms with E-state index >= 15 is 0 Å². The Balaban J connectivity index is 2.47. The molecule has 16 heavy (non-hydrogen) atoms. The number of aromatic nitrogens is 2. The Hall–Kier alpha value is -1.06. The minimum atomic E-state index is -0.524. The highest BCUT2D eigenvalue weighted by molar-refractivity contribution is 6.18. The van der Waals surface area contributed by atoms with E-state index in [1.807, 2.05) is 28.8 Å². The molecule has 0 bridgehead atoms. The van der Waals surface area contributed by atoms with Gasteiger partial charge in [-0.2, -0.15) is 0 Å². The molecule has 2 rings (SSSR count). The number of alkyl halides is 1. The molecule has 0 radical (unpaired) electrons. The number of fused-ring (bicyclic) bond motifs is 1. The topological polar surface area (TPSA) is 38.0 Å². The van der Waals surface area contributed by atoms with Crippen LogP contribution in [0.1, 0.15) is 12.7 Å². The van der Waals surface area contributed by atoms with E-state index < -0.39 is 6.10 Å². The van der Waals surface area contributed by atoms with Crippen LogP contribution in [-0.2, 0) is 13.0 Å². The summed E-state index contributed by atoms with van der Waals surface area (Å²) in [5, 5.41) is 9.63. The van der Waals surface area contributed by atoms with Crippen molar-refractivity contribution in [3.63, 3.8) is 0 Å². The van der Waals surface area contributed by atoms with E-state index in [0.717, 1.165) is 23.3 Å². The number of aliphatic hydroxyl groups is 1. The summed E-state index contributed by atoms with van der Waals surface area (Å²) in [6.45, 7) is 2.57. The molecular weight excluding hydrogens is 224 g/mol. The average molecular weight is 239 g/mol. The zero-order valence-corrected chi connectivity index (χ0v) is 9.98. The van der Waals surface area contributed by atoms with E-state index in [9.17, 15) is 5.11 Å². The molecule has 1 unspecified atom stereocenters. The van der Waals surface area contributed by atoms with E-state index in [-0.39, 0.29) is 5.88 Å². The second kappa shape index (κ2) is 4.85. The van der Waals surface area contributed by atoms with Gasteiger partial charge in [0.1, 0.15) is 5.82 Å². The second-order valence-corrected chi connectivity index (χ2v) is 4.10. The SMILES string of the molecule is CCc1nc2ccccc2n1CC(O)CCl. The molecule has 1 N–H and O–H groups in total. The Morgan fingerprint density at radius 2 is 2.19 bits per heavy atom. The van der Waals surface area contributed by atoms with Gasteiger partial charge in [-0.05, 0) is 12.1 Å². The summed E-state index contributed by atoms with van der Waals surface area (Å²) in [5.41, 5.74) is 2.03. The maximum Gasteiger partial charge on any atom is 0.109 e. The first kappa shape index (κ1) is 11.4. The molecule has 0 saturated heterocycles. The first-order valence-electron chi connectivity index (χ1n) is 5.44. The van der Waals surface area contributed by atoms with Crippen molar-refractivity contribution in [2.24, 2.45) is 0 Å². The number of benzene rings is 1. The normalized spacial score (nSPS) is 13.2. The molecule has 0 aliphatic carbocycles. The summed E-state index contributed by atoms with van der Waals surface area (Å²) in [6, 6.07) is 7.95. The Morgan fingerprint density at radius 1 is 1.44 bits per heavy atom. The summed E-state index contributed by atoms with van der Waals surface area (Å²) in [6.07, 6.45) is 0.327. The van der Waals surface area contributed by atoms with Gasteiger partial charge in [-0.1, -0.05) is 19.1 Å². The standard InChI is InChI=1S/C12H15ClN2O/c1-2-12-14-10-5-3-4-6-11(10)15(12)8-9(16)7-13/h3-6,9,16H,2,7-8H2,1H3. The number of imidazole rings is 1. The van der Waals surface area contributed by atoms with Crippen LogP contribution in [0.25, 0.3) is 11.0 Å². The Kier molecular flexibility index (Phi) is 3.46. The van der Waals surface area contributed by atoms with E-state index in [4.69, 9.17) is 11.6 Å². The predicted octanol–water partition coefficient (Wildman–Crippen LogP) is 2.20. The monoisotopic (exact) mass is 238 g/mol. The van der Waals surface area contributed by atoms with Crippen molar-refractivity contribution >= 4 is 22.6 Å². The Labute approximate surface area is 99.7 Å². The van der Waals surface area contributed by atoms with E-state index in [0.29, 0.717) is 6.54 Å². The van der Waals surface area contributed by atoms with Crippen LogP contribution in [0.2, 0.25) is 0 Å². The van der Waals surface area contributed by atoms with Crippen molar-refractivity contribution in [2.45, 2.75) is 26.0 Å². The van der Waals surface area contributed by atoms with Crippen LogP contribution in [0, 0.1) is 0 Å². The van der Waals surface area contributed by atoms with Crippen LogP contribution in [0.3, 0.4) is 0 Å². The van der Waals surface area contributed by atoms with Crippen LogP contribution >= 0.6 is 11.6 Å². The first-order chi connectivity index (χ1) is 7.76. The number of hydrogen-bond acceptors (Lipinski definition) is 2. The summed E-state index contributed by atoms with van der Waals surface area (Å²) in [5.74, 6) is 1.24. The molecule has 1 atom stereocenters. The largest absolute Gasteiger partial charge is 0.390 e. The van der Waals surface area contributed by atoms with Gasteiger partial charge in [0, 0.05) is 6.42 Å². The third-order valence-electron chi connectivity index (χ3n) is 2.62. The lowest BCUT2D eigenvalue weighted by molar-refractivity contribution is 0.177. The molecule has 1 aromatic heterocycles. The van der Waals surface area contributed by atoms with Crippen LogP contribution in [0.15, 0.2) is 24.3 Å². The lowest BCUT2D eigenvalue weighted by Gasteiger charge is -2.11. The molecule has 0 aliphatic rings. The summed E-state index contributed by atoms with van der Waals surface area (Å²) >= 11 is 5.63. The molecular formula is C12H15ClN2O. The molecule has 0 aliphatic heterocycles. The molecule has 2 aromatic rings. The fourth-order valence-corrected chi connectivity index (χ4v) is 1.96. The smallest absolute Gasteiger partial charge is 0.109 e. The number of rotatable bonds is 4. The lowest BCUT2D eigenvalue weighted by atomic mass is 10.3. The van der Waals surface area contributed by atoms with Gasteiger partial charge in [0.2, 0.25) is 0 Å². The number of aryl methyl sites for hydroxylation is 1. The molecule has 4 heteroatoms. The third kappa shape index (κ3) is 2.06. The van der Waals surface area contributed by atoms with E-state index in [1.165, 1.54) is 0 Å². The van der Waals surface area contributed by atoms with Crippen molar-refractivity contribution < 1.29 is 5.11 Å². The average Bonchev–Trinajstić information content (AvgIpc) is 2.67. The number of para-hydroxylation sites is 2. The van der Waals surface area contributed by atoms with Gasteiger partial charge in [0.15, 0.2) is 0 Å². The molecule has 0 amide bonds. The summed E-state index contributed by atoms with van der Waals surface area (Å²) in [7, 11) is 0. The molecule has 86 valence electrons. The predicted molar refractivity (Wildman–Crippen MR) is 65.8 cm³/mol. The Bertz CT molecular complexity index is 481. The van der Waals surface area contributed by atoms with Crippen molar-refractivity contribution in [3.05, 3.63) is 30.1 Å². The van der Waals surface area contributed by atoms with Crippen LogP contribution in [0.5, 0.6) is 0 Å². The second-order valence-electron chi connectivity index (χ2n) is 3.79. The van der Waals surface area contributed by atoms with Crippen LogP contribution in [0.4, 0.5) is 0 Å². The lowest BCUT2D eigenvalue weighted by Crippen LogP contribution is -2.18. The number of halogens is 1. The number of nitrogens with zero attached hydrogens (tertiary/aromatic N) is 2. The van der Waals surface area contributed by atoms with Gasteiger partial charge in [-0.3, -0.25) is 0 Å². The van der Waals surface area contributed by atoms with Crippen molar-refractivity contribution in [1.82, 2.24) is 9.55 Å². The molecule has 0 saturated carbocycles. The number of hydrogen-bond donors (Lipinski definition) is 1. The van der Waals surface area contributed by atoms with Gasteiger partial charge in [-0.15, -0.1) is 11.6 Å². The molecule has 1 heterocycles. The van der Waals surface area contributed by atoms with Gasteiger partial charge in [0.25, 0.3) is 0 Å². The van der Waals surface area contributed by atoms with Crippen molar-refractivity contribution in [2.75, 3.05) is 5.88 Å². The van der Waals surface area contributed by atoms with Crippen molar-refractivity contribution in [1.29, 1.82) is 0 Å². The highest BCUT2D eigenvalue weighted by atomic mass is 35.5. The molecule has 1 aromatic carbocycles. The minimum Gasteiger partial charge on any atom is -0.390 e. The fourth-order valence-electron chi connectivity index (χ4n) is 1.86. The Morgan fingerprint density at radius 3 is 2.88 bits per heavy atom. The fraction of sp³-hybridized carbons (Fsp3) is 0.417. The molecule has 0 spiro atoms. The minimum absolute atomic E-state index is 0.246. The zero-order valence-electron chi connectivity index (χ0n) is 9.23.